The van der Waals surface area contributed by atoms with Gasteiger partial charge in [0.2, 0.25) is 0 Å². The van der Waals surface area contributed by atoms with Crippen molar-refractivity contribution in [3.05, 3.63) is 35.9 Å². The Bertz CT molecular complexity index is 553. The van der Waals surface area contributed by atoms with Gasteiger partial charge in [0.1, 0.15) is 5.60 Å². The average molecular weight is 330 g/mol. The molecule has 2 saturated heterocycles. The standard InChI is InChI=1S/C20H30N2O2/c1-20(2,3)24-19(23)22-14-17-10-7-11-18(15-22)21(13-17)12-16-8-5-4-6-9-16/h4-6,8-9,17-18H,7,10-15H2,1-3H3/t17-,18-/m0/s1. The summed E-state index contributed by atoms with van der Waals surface area (Å²) in [6.07, 6.45) is 3.49. The molecular weight excluding hydrogens is 300 g/mol. The molecule has 132 valence electrons. The van der Waals surface area contributed by atoms with Crippen LogP contribution in [-0.2, 0) is 11.3 Å². The first-order valence-electron chi connectivity index (χ1n) is 9.16. The van der Waals surface area contributed by atoms with Gasteiger partial charge in [-0.2, -0.15) is 0 Å². The Morgan fingerprint density at radius 2 is 1.88 bits per heavy atom. The van der Waals surface area contributed by atoms with E-state index in [2.05, 4.69) is 35.2 Å². The number of fused-ring (bicyclic) bond motifs is 3. The van der Waals surface area contributed by atoms with Gasteiger partial charge in [-0.1, -0.05) is 36.8 Å². The smallest absolute Gasteiger partial charge is 0.410 e. The number of nitrogens with zero attached hydrogens (tertiary/aromatic N) is 2. The molecule has 0 unspecified atom stereocenters. The predicted molar refractivity (Wildman–Crippen MR) is 95.8 cm³/mol. The van der Waals surface area contributed by atoms with E-state index in [9.17, 15) is 4.79 Å². The molecular formula is C20H30N2O2. The Morgan fingerprint density at radius 3 is 2.58 bits per heavy atom. The van der Waals surface area contributed by atoms with Crippen molar-refractivity contribution in [2.45, 2.75) is 58.2 Å². The van der Waals surface area contributed by atoms with Crippen molar-refractivity contribution in [2.75, 3.05) is 19.6 Å². The van der Waals surface area contributed by atoms with Crippen molar-refractivity contribution in [2.24, 2.45) is 5.92 Å². The molecule has 24 heavy (non-hydrogen) atoms. The van der Waals surface area contributed by atoms with Gasteiger partial charge < -0.3 is 9.64 Å². The van der Waals surface area contributed by atoms with Gasteiger partial charge in [0.25, 0.3) is 0 Å². The average Bonchev–Trinajstić information content (AvgIpc) is 2.76. The molecule has 3 rings (SSSR count). The van der Waals surface area contributed by atoms with E-state index in [0.717, 1.165) is 26.2 Å². The van der Waals surface area contributed by atoms with Gasteiger partial charge in [0.05, 0.1) is 0 Å². The van der Waals surface area contributed by atoms with Gasteiger partial charge in [0.15, 0.2) is 0 Å². The number of amides is 1. The lowest BCUT2D eigenvalue weighted by Gasteiger charge is -2.32. The monoisotopic (exact) mass is 330 g/mol. The maximum Gasteiger partial charge on any atom is 0.410 e. The number of hydrogen-bond acceptors (Lipinski definition) is 3. The molecule has 0 aromatic heterocycles. The lowest BCUT2D eigenvalue weighted by Crippen LogP contribution is -2.44. The summed E-state index contributed by atoms with van der Waals surface area (Å²) in [7, 11) is 0. The third kappa shape index (κ3) is 4.50. The highest BCUT2D eigenvalue weighted by molar-refractivity contribution is 5.68. The molecule has 0 spiro atoms. The Kier molecular flexibility index (Phi) is 5.14. The molecule has 2 aliphatic rings. The van der Waals surface area contributed by atoms with Gasteiger partial charge in [-0.3, -0.25) is 4.90 Å². The number of likely N-dealkylation sites (tertiary alicyclic amines) is 1. The molecule has 2 aliphatic heterocycles. The number of ether oxygens (including phenoxy) is 1. The molecule has 0 radical (unpaired) electrons. The molecule has 0 N–H and O–H groups in total. The molecule has 1 aromatic carbocycles. The summed E-state index contributed by atoms with van der Waals surface area (Å²) in [5.41, 5.74) is 0.927. The van der Waals surface area contributed by atoms with Crippen LogP contribution in [0.5, 0.6) is 0 Å². The first kappa shape index (κ1) is 17.3. The quantitative estimate of drug-likeness (QED) is 0.824. The molecule has 4 nitrogen and oxygen atoms in total. The van der Waals surface area contributed by atoms with Crippen molar-refractivity contribution >= 4 is 6.09 Å². The molecule has 0 aliphatic carbocycles. The van der Waals surface area contributed by atoms with Crippen LogP contribution in [0, 0.1) is 5.92 Å². The SMILES string of the molecule is CC(C)(C)OC(=O)N1C[C@H]2CCC[C@@H](C1)N(Cc1ccccc1)C2. The van der Waals surface area contributed by atoms with Crippen LogP contribution in [0.15, 0.2) is 30.3 Å². The Hall–Kier alpha value is -1.55. The summed E-state index contributed by atoms with van der Waals surface area (Å²) < 4.78 is 5.62. The Labute approximate surface area is 145 Å². The van der Waals surface area contributed by atoms with Crippen LogP contribution >= 0.6 is 0 Å². The lowest BCUT2D eigenvalue weighted by atomic mass is 10.0. The first-order valence-corrected chi connectivity index (χ1v) is 9.16. The zero-order chi connectivity index (χ0) is 17.2. The minimum atomic E-state index is -0.428. The van der Waals surface area contributed by atoms with Crippen LogP contribution in [0.3, 0.4) is 0 Å². The molecule has 2 atom stereocenters. The predicted octanol–water partition coefficient (Wildman–Crippen LogP) is 3.91. The van der Waals surface area contributed by atoms with Crippen LogP contribution in [0.1, 0.15) is 45.6 Å². The molecule has 1 aromatic rings. The highest BCUT2D eigenvalue weighted by Gasteiger charge is 2.35. The van der Waals surface area contributed by atoms with Crippen LogP contribution < -0.4 is 0 Å². The van der Waals surface area contributed by atoms with Crippen molar-refractivity contribution in [3.63, 3.8) is 0 Å². The van der Waals surface area contributed by atoms with Gasteiger partial charge in [0, 0.05) is 32.2 Å². The fourth-order valence-electron chi connectivity index (χ4n) is 3.88. The van der Waals surface area contributed by atoms with Gasteiger partial charge in [-0.25, -0.2) is 4.79 Å². The van der Waals surface area contributed by atoms with Crippen molar-refractivity contribution in [3.8, 4) is 0 Å². The van der Waals surface area contributed by atoms with Crippen LogP contribution in [0.2, 0.25) is 0 Å². The zero-order valence-electron chi connectivity index (χ0n) is 15.2. The minimum Gasteiger partial charge on any atom is -0.444 e. The molecule has 1 amide bonds. The fourth-order valence-corrected chi connectivity index (χ4v) is 3.88. The molecule has 2 bridgehead atoms. The third-order valence-corrected chi connectivity index (χ3v) is 4.95. The highest BCUT2D eigenvalue weighted by atomic mass is 16.6. The topological polar surface area (TPSA) is 32.8 Å². The third-order valence-electron chi connectivity index (χ3n) is 4.95. The molecule has 2 fully saturated rings. The van der Waals surface area contributed by atoms with Crippen molar-refractivity contribution < 1.29 is 9.53 Å². The summed E-state index contributed by atoms with van der Waals surface area (Å²) in [4.78, 5) is 17.1. The number of carbonyl (C=O) groups excluding carboxylic acids is 1. The second-order valence-electron chi connectivity index (χ2n) is 8.25. The lowest BCUT2D eigenvalue weighted by molar-refractivity contribution is 0.0200. The van der Waals surface area contributed by atoms with E-state index in [0.29, 0.717) is 12.0 Å². The number of benzene rings is 1. The second-order valence-corrected chi connectivity index (χ2v) is 8.25. The highest BCUT2D eigenvalue weighted by Crippen LogP contribution is 2.28. The molecule has 2 heterocycles. The second kappa shape index (κ2) is 7.14. The van der Waals surface area contributed by atoms with E-state index in [1.165, 1.54) is 24.8 Å². The van der Waals surface area contributed by atoms with Gasteiger partial charge in [-0.15, -0.1) is 0 Å². The first-order chi connectivity index (χ1) is 11.4. The van der Waals surface area contributed by atoms with Crippen LogP contribution in [-0.4, -0.2) is 47.2 Å². The number of hydrogen-bond donors (Lipinski definition) is 0. The molecule has 4 heteroatoms. The van der Waals surface area contributed by atoms with Crippen LogP contribution in [0.25, 0.3) is 0 Å². The van der Waals surface area contributed by atoms with E-state index in [4.69, 9.17) is 4.74 Å². The summed E-state index contributed by atoms with van der Waals surface area (Å²) in [5, 5.41) is 0. The van der Waals surface area contributed by atoms with Crippen molar-refractivity contribution in [1.29, 1.82) is 0 Å². The summed E-state index contributed by atoms with van der Waals surface area (Å²) in [6, 6.07) is 11.1. The largest absolute Gasteiger partial charge is 0.444 e. The Morgan fingerprint density at radius 1 is 1.12 bits per heavy atom. The normalized spacial score (nSPS) is 25.2. The summed E-state index contributed by atoms with van der Waals surface area (Å²) in [5.74, 6) is 0.550. The zero-order valence-corrected chi connectivity index (χ0v) is 15.2. The van der Waals surface area contributed by atoms with E-state index in [-0.39, 0.29) is 6.09 Å². The maximum atomic E-state index is 12.5. The molecule has 0 saturated carbocycles. The minimum absolute atomic E-state index is 0.152. The van der Waals surface area contributed by atoms with Gasteiger partial charge in [-0.05, 0) is 45.1 Å². The van der Waals surface area contributed by atoms with Crippen molar-refractivity contribution in [1.82, 2.24) is 9.80 Å². The van der Waals surface area contributed by atoms with Crippen LogP contribution in [0.4, 0.5) is 4.79 Å². The number of carbonyl (C=O) groups is 1. The van der Waals surface area contributed by atoms with E-state index < -0.39 is 5.60 Å². The maximum absolute atomic E-state index is 12.5. The Balaban J connectivity index is 1.71. The summed E-state index contributed by atoms with van der Waals surface area (Å²) >= 11 is 0. The van der Waals surface area contributed by atoms with E-state index in [1.807, 2.05) is 25.7 Å². The van der Waals surface area contributed by atoms with E-state index >= 15 is 0 Å². The number of rotatable bonds is 2. The van der Waals surface area contributed by atoms with Gasteiger partial charge >= 0.3 is 6.09 Å². The fraction of sp³-hybridized carbons (Fsp3) is 0.650. The van der Waals surface area contributed by atoms with E-state index in [1.54, 1.807) is 0 Å². The summed E-state index contributed by atoms with van der Waals surface area (Å²) in [6.45, 7) is 9.49.